The van der Waals surface area contributed by atoms with E-state index in [0.717, 1.165) is 18.0 Å². The minimum Gasteiger partial charge on any atom is -0.389 e. The summed E-state index contributed by atoms with van der Waals surface area (Å²) in [5.74, 6) is 0. The van der Waals surface area contributed by atoms with E-state index in [2.05, 4.69) is 0 Å². The van der Waals surface area contributed by atoms with Crippen LogP contribution in [0.2, 0.25) is 6.04 Å². The lowest BCUT2D eigenvalue weighted by atomic mass is 10.1. The highest BCUT2D eigenvalue weighted by Crippen LogP contribution is 2.18. The lowest BCUT2D eigenvalue weighted by molar-refractivity contribution is 0.123. The van der Waals surface area contributed by atoms with Gasteiger partial charge in [-0.2, -0.15) is 0 Å². The smallest absolute Gasteiger partial charge is 0.389 e. The van der Waals surface area contributed by atoms with Crippen molar-refractivity contribution in [2.75, 3.05) is 21.3 Å². The van der Waals surface area contributed by atoms with E-state index in [-0.39, 0.29) is 0 Å². The van der Waals surface area contributed by atoms with E-state index in [4.69, 9.17) is 13.3 Å². The topological polar surface area (TPSA) is 47.9 Å². The molecule has 1 aromatic carbocycles. The number of aliphatic hydroxyl groups excluding tert-OH is 1. The fourth-order valence-corrected chi connectivity index (χ4v) is 3.52. The third kappa shape index (κ3) is 3.89. The van der Waals surface area contributed by atoms with E-state index in [9.17, 15) is 5.11 Å². The molecule has 0 radical (unpaired) electrons. The zero-order valence-corrected chi connectivity index (χ0v) is 12.5. The van der Waals surface area contributed by atoms with Crippen LogP contribution in [0.3, 0.4) is 0 Å². The summed E-state index contributed by atoms with van der Waals surface area (Å²) in [6.45, 7) is 1.76. The van der Waals surface area contributed by atoms with E-state index >= 15 is 0 Å². The van der Waals surface area contributed by atoms with Crippen molar-refractivity contribution in [2.24, 2.45) is 0 Å². The summed E-state index contributed by atoms with van der Waals surface area (Å²) >= 11 is 0. The highest BCUT2D eigenvalue weighted by molar-refractivity contribution is 6.60. The summed E-state index contributed by atoms with van der Waals surface area (Å²) in [4.78, 5) is 0. The molecule has 0 amide bonds. The van der Waals surface area contributed by atoms with E-state index < -0.39 is 14.9 Å². The van der Waals surface area contributed by atoms with Gasteiger partial charge in [0.25, 0.3) is 0 Å². The van der Waals surface area contributed by atoms with Crippen LogP contribution in [0.15, 0.2) is 24.3 Å². The predicted molar refractivity (Wildman–Crippen MR) is 72.4 cm³/mol. The molecular weight excluding hydrogens is 248 g/mol. The number of aryl methyl sites for hydroxylation is 1. The first kappa shape index (κ1) is 15.3. The number of aliphatic hydroxyl groups is 1. The summed E-state index contributed by atoms with van der Waals surface area (Å²) in [6.07, 6.45) is 0.409. The molecule has 0 fully saturated rings. The second-order valence-electron chi connectivity index (χ2n) is 4.21. The molecule has 1 unspecified atom stereocenters. The molecular formula is C13H22O4Si. The van der Waals surface area contributed by atoms with Crippen molar-refractivity contribution >= 4 is 8.80 Å². The van der Waals surface area contributed by atoms with Crippen LogP contribution in [-0.4, -0.2) is 35.2 Å². The molecule has 0 aromatic heterocycles. The first-order chi connectivity index (χ1) is 8.56. The fraction of sp³-hybridized carbons (Fsp3) is 0.538. The van der Waals surface area contributed by atoms with Gasteiger partial charge in [-0.25, -0.2) is 0 Å². The second-order valence-corrected chi connectivity index (χ2v) is 7.30. The third-order valence-corrected chi connectivity index (χ3v) is 5.84. The summed E-state index contributed by atoms with van der Waals surface area (Å²) in [5.41, 5.74) is 2.11. The van der Waals surface area contributed by atoms with Gasteiger partial charge in [-0.1, -0.05) is 24.3 Å². The minimum absolute atomic E-state index is 0.426. The second kappa shape index (κ2) is 7.01. The summed E-state index contributed by atoms with van der Waals surface area (Å²) in [6, 6.07) is 8.65. The third-order valence-electron chi connectivity index (χ3n) is 3.11. The van der Waals surface area contributed by atoms with Crippen molar-refractivity contribution in [3.8, 4) is 0 Å². The van der Waals surface area contributed by atoms with Gasteiger partial charge < -0.3 is 18.4 Å². The normalized spacial score (nSPS) is 13.6. The maximum absolute atomic E-state index is 9.43. The Balaban J connectivity index is 2.62. The van der Waals surface area contributed by atoms with E-state index in [1.807, 2.05) is 24.3 Å². The first-order valence-electron chi connectivity index (χ1n) is 5.99. The molecule has 1 atom stereocenters. The molecule has 1 aromatic rings. The molecule has 0 aliphatic rings. The van der Waals surface area contributed by atoms with Gasteiger partial charge in [-0.05, 0) is 24.5 Å². The number of rotatable bonds is 7. The molecule has 5 heteroatoms. The Hall–Kier alpha value is -0.723. The van der Waals surface area contributed by atoms with Gasteiger partial charge in [0, 0.05) is 27.4 Å². The molecule has 4 nitrogen and oxygen atoms in total. The van der Waals surface area contributed by atoms with E-state index in [0.29, 0.717) is 0 Å². The van der Waals surface area contributed by atoms with Crippen LogP contribution >= 0.6 is 0 Å². The SMILES string of the molecule is CO[Si](CCc1ccc(C(C)O)cc1)(OC)OC. The Morgan fingerprint density at radius 1 is 1.06 bits per heavy atom. The highest BCUT2D eigenvalue weighted by Gasteiger charge is 2.37. The van der Waals surface area contributed by atoms with Gasteiger partial charge in [0.2, 0.25) is 0 Å². The largest absolute Gasteiger partial charge is 0.500 e. The molecule has 0 saturated carbocycles. The Labute approximate surface area is 110 Å². The molecule has 0 spiro atoms. The standard InChI is InChI=1S/C13H22O4Si/c1-11(14)13-7-5-12(6-8-13)9-10-18(15-2,16-3)17-4/h5-8,11,14H,9-10H2,1-4H3. The van der Waals surface area contributed by atoms with Crippen molar-refractivity contribution in [1.82, 2.24) is 0 Å². The van der Waals surface area contributed by atoms with Gasteiger partial charge >= 0.3 is 8.80 Å². The fourth-order valence-electron chi connectivity index (χ4n) is 1.82. The Kier molecular flexibility index (Phi) is 5.97. The molecule has 1 rings (SSSR count). The first-order valence-corrected chi connectivity index (χ1v) is 7.92. The average Bonchev–Trinajstić information content (AvgIpc) is 2.41. The predicted octanol–water partition coefficient (Wildman–Crippen LogP) is 2.16. The summed E-state index contributed by atoms with van der Waals surface area (Å²) in [5, 5.41) is 9.43. The van der Waals surface area contributed by atoms with Crippen LogP contribution in [0, 0.1) is 0 Å². The molecule has 0 aliphatic heterocycles. The van der Waals surface area contributed by atoms with Gasteiger partial charge in [0.1, 0.15) is 0 Å². The van der Waals surface area contributed by atoms with Crippen LogP contribution in [-0.2, 0) is 19.7 Å². The Morgan fingerprint density at radius 2 is 1.56 bits per heavy atom. The van der Waals surface area contributed by atoms with Crippen LogP contribution < -0.4 is 0 Å². The van der Waals surface area contributed by atoms with Crippen LogP contribution in [0.5, 0.6) is 0 Å². The molecule has 0 aliphatic carbocycles. The van der Waals surface area contributed by atoms with Gasteiger partial charge in [-0.3, -0.25) is 0 Å². The lowest BCUT2D eigenvalue weighted by Gasteiger charge is -2.24. The van der Waals surface area contributed by atoms with Gasteiger partial charge in [0.15, 0.2) is 0 Å². The molecule has 0 saturated heterocycles. The zero-order chi connectivity index (χ0) is 13.6. The maximum Gasteiger partial charge on any atom is 0.500 e. The van der Waals surface area contributed by atoms with Gasteiger partial charge in [-0.15, -0.1) is 0 Å². The van der Waals surface area contributed by atoms with Crippen molar-refractivity contribution < 1.29 is 18.4 Å². The minimum atomic E-state index is -2.48. The van der Waals surface area contributed by atoms with Crippen molar-refractivity contribution in [3.05, 3.63) is 35.4 Å². The van der Waals surface area contributed by atoms with E-state index in [1.54, 1.807) is 28.3 Å². The van der Waals surface area contributed by atoms with Crippen LogP contribution in [0.1, 0.15) is 24.2 Å². The van der Waals surface area contributed by atoms with Crippen molar-refractivity contribution in [3.63, 3.8) is 0 Å². The number of benzene rings is 1. The Bertz CT molecular complexity index is 338. The average molecular weight is 270 g/mol. The number of hydrogen-bond donors (Lipinski definition) is 1. The highest BCUT2D eigenvalue weighted by atomic mass is 28.4. The Morgan fingerprint density at radius 3 is 1.94 bits per heavy atom. The molecule has 18 heavy (non-hydrogen) atoms. The van der Waals surface area contributed by atoms with Crippen molar-refractivity contribution in [2.45, 2.75) is 25.5 Å². The quantitative estimate of drug-likeness (QED) is 0.771. The molecule has 1 N–H and O–H groups in total. The van der Waals surface area contributed by atoms with E-state index in [1.165, 1.54) is 5.56 Å². The summed E-state index contributed by atoms with van der Waals surface area (Å²) < 4.78 is 16.1. The maximum atomic E-state index is 9.43. The number of hydrogen-bond acceptors (Lipinski definition) is 4. The molecule has 0 bridgehead atoms. The summed E-state index contributed by atoms with van der Waals surface area (Å²) in [7, 11) is 2.38. The lowest BCUT2D eigenvalue weighted by Crippen LogP contribution is -2.43. The zero-order valence-electron chi connectivity index (χ0n) is 11.5. The monoisotopic (exact) mass is 270 g/mol. The molecule has 102 valence electrons. The van der Waals surface area contributed by atoms with Crippen LogP contribution in [0.25, 0.3) is 0 Å². The van der Waals surface area contributed by atoms with Gasteiger partial charge in [0.05, 0.1) is 6.10 Å². The van der Waals surface area contributed by atoms with Crippen LogP contribution in [0.4, 0.5) is 0 Å². The van der Waals surface area contributed by atoms with Crippen molar-refractivity contribution in [1.29, 1.82) is 0 Å². The molecule has 0 heterocycles.